The molecule has 0 amide bonds. The Morgan fingerprint density at radius 3 is 2.16 bits per heavy atom. The number of benzene rings is 1. The molecule has 0 bridgehead atoms. The predicted octanol–water partition coefficient (Wildman–Crippen LogP) is 2.39. The summed E-state index contributed by atoms with van der Waals surface area (Å²) >= 11 is 0. The first kappa shape index (κ1) is 16.3. The topological polar surface area (TPSA) is 35.5 Å². The smallest absolute Gasteiger partial charge is 0.305 e. The maximum absolute atomic E-state index is 12.9. The van der Waals surface area contributed by atoms with Gasteiger partial charge in [-0.3, -0.25) is 4.57 Å². The average molecular weight is 292 g/mol. The minimum Gasteiger partial charge on any atom is -0.305 e. The van der Waals surface area contributed by atoms with Crippen LogP contribution in [0.15, 0.2) is 18.2 Å². The van der Waals surface area contributed by atoms with E-state index in [1.54, 1.807) is 0 Å². The summed E-state index contributed by atoms with van der Waals surface area (Å²) in [4.78, 5) is 0. The zero-order valence-corrected chi connectivity index (χ0v) is 11.4. The highest BCUT2D eigenvalue weighted by atomic mass is 31.2. The molecule has 0 unspecified atom stereocenters. The Balaban J connectivity index is 3.44. The van der Waals surface area contributed by atoms with Crippen molar-refractivity contribution < 1.29 is 26.8 Å². The van der Waals surface area contributed by atoms with Gasteiger partial charge in [-0.25, -0.2) is 0 Å². The molecule has 0 saturated carbocycles. The standard InChI is InChI=1S/C11H13BF3O3P/c1-3-17-19(16,18-4-2)10-7-8(12)5-6-9(10)11(13,14)15/h5-7H,3-4H2,1-2H3. The summed E-state index contributed by atoms with van der Waals surface area (Å²) in [5.74, 6) is 0. The summed E-state index contributed by atoms with van der Waals surface area (Å²) in [6.45, 7) is 2.96. The third-order valence-corrected chi connectivity index (χ3v) is 4.38. The van der Waals surface area contributed by atoms with Crippen LogP contribution in [0.1, 0.15) is 19.4 Å². The molecule has 0 heterocycles. The van der Waals surface area contributed by atoms with Crippen LogP contribution in [0.2, 0.25) is 0 Å². The lowest BCUT2D eigenvalue weighted by molar-refractivity contribution is -0.136. The van der Waals surface area contributed by atoms with E-state index in [9.17, 15) is 17.7 Å². The van der Waals surface area contributed by atoms with Gasteiger partial charge in [-0.1, -0.05) is 17.6 Å². The molecule has 1 rings (SSSR count). The fraction of sp³-hybridized carbons (Fsp3) is 0.455. The van der Waals surface area contributed by atoms with Crippen molar-refractivity contribution in [3.05, 3.63) is 23.8 Å². The highest BCUT2D eigenvalue weighted by molar-refractivity contribution is 7.62. The zero-order chi connectivity index (χ0) is 14.7. The molecule has 0 aliphatic carbocycles. The first-order valence-electron chi connectivity index (χ1n) is 5.61. The van der Waals surface area contributed by atoms with Crippen molar-refractivity contribution in [2.75, 3.05) is 13.2 Å². The van der Waals surface area contributed by atoms with Gasteiger partial charge >= 0.3 is 13.8 Å². The largest absolute Gasteiger partial charge is 0.417 e. The molecule has 2 radical (unpaired) electrons. The molecule has 1 aromatic carbocycles. The second kappa shape index (κ2) is 6.12. The SMILES string of the molecule is [B]c1ccc(C(F)(F)F)c(P(=O)(OCC)OCC)c1. The second-order valence-electron chi connectivity index (χ2n) is 3.61. The summed E-state index contributed by atoms with van der Waals surface area (Å²) in [7, 11) is 1.43. The van der Waals surface area contributed by atoms with E-state index in [4.69, 9.17) is 16.9 Å². The first-order chi connectivity index (χ1) is 8.74. The van der Waals surface area contributed by atoms with Crippen LogP contribution in [0.5, 0.6) is 0 Å². The van der Waals surface area contributed by atoms with Gasteiger partial charge in [0.2, 0.25) is 0 Å². The summed E-state index contributed by atoms with van der Waals surface area (Å²) in [5.41, 5.74) is -1.01. The third kappa shape index (κ3) is 3.84. The summed E-state index contributed by atoms with van der Waals surface area (Å²) in [6, 6.07) is 2.85. The summed E-state index contributed by atoms with van der Waals surface area (Å²) < 4.78 is 61.0. The van der Waals surface area contributed by atoms with Crippen molar-refractivity contribution in [2.24, 2.45) is 0 Å². The van der Waals surface area contributed by atoms with Crippen molar-refractivity contribution in [1.29, 1.82) is 0 Å². The van der Waals surface area contributed by atoms with Crippen LogP contribution in [-0.4, -0.2) is 21.1 Å². The van der Waals surface area contributed by atoms with E-state index < -0.39 is 24.6 Å². The van der Waals surface area contributed by atoms with Gasteiger partial charge in [0.15, 0.2) is 0 Å². The maximum Gasteiger partial charge on any atom is 0.417 e. The Kier molecular flexibility index (Phi) is 5.24. The highest BCUT2D eigenvalue weighted by Crippen LogP contribution is 2.49. The van der Waals surface area contributed by atoms with Crippen LogP contribution in [0.3, 0.4) is 0 Å². The maximum atomic E-state index is 12.9. The van der Waals surface area contributed by atoms with E-state index in [0.29, 0.717) is 0 Å². The molecule has 0 aliphatic heterocycles. The quantitative estimate of drug-likeness (QED) is 0.617. The fourth-order valence-electron chi connectivity index (χ4n) is 1.53. The van der Waals surface area contributed by atoms with Gasteiger partial charge in [-0.2, -0.15) is 13.2 Å². The van der Waals surface area contributed by atoms with Gasteiger partial charge < -0.3 is 9.05 Å². The number of hydrogen-bond acceptors (Lipinski definition) is 3. The van der Waals surface area contributed by atoms with E-state index in [2.05, 4.69) is 0 Å². The molecular formula is C11H13BF3O3P. The Bertz CT molecular complexity index is 481. The fourth-order valence-corrected chi connectivity index (χ4v) is 3.37. The van der Waals surface area contributed by atoms with Crippen molar-refractivity contribution in [3.63, 3.8) is 0 Å². The van der Waals surface area contributed by atoms with Gasteiger partial charge in [-0.15, -0.1) is 0 Å². The molecule has 0 spiro atoms. The van der Waals surface area contributed by atoms with Crippen LogP contribution in [0.25, 0.3) is 0 Å². The number of halogens is 3. The molecule has 0 saturated heterocycles. The molecule has 0 fully saturated rings. The Hall–Kier alpha value is -0.775. The minimum atomic E-state index is -4.66. The average Bonchev–Trinajstić information content (AvgIpc) is 2.28. The Labute approximate surface area is 111 Å². The molecule has 3 nitrogen and oxygen atoms in total. The Morgan fingerprint density at radius 2 is 1.74 bits per heavy atom. The Morgan fingerprint density at radius 1 is 1.21 bits per heavy atom. The lowest BCUT2D eigenvalue weighted by atomic mass is 9.95. The monoisotopic (exact) mass is 292 g/mol. The second-order valence-corrected chi connectivity index (χ2v) is 5.60. The number of hydrogen-bond donors (Lipinski definition) is 0. The van der Waals surface area contributed by atoms with Gasteiger partial charge in [0.1, 0.15) is 7.85 Å². The van der Waals surface area contributed by atoms with Crippen molar-refractivity contribution in [1.82, 2.24) is 0 Å². The van der Waals surface area contributed by atoms with Crippen LogP contribution >= 0.6 is 7.60 Å². The lowest BCUT2D eigenvalue weighted by Gasteiger charge is -2.21. The van der Waals surface area contributed by atoms with E-state index in [1.807, 2.05) is 0 Å². The van der Waals surface area contributed by atoms with E-state index >= 15 is 0 Å². The van der Waals surface area contributed by atoms with E-state index in [1.165, 1.54) is 13.8 Å². The number of alkyl halides is 3. The lowest BCUT2D eigenvalue weighted by Crippen LogP contribution is -2.25. The molecule has 104 valence electrons. The molecule has 1 aromatic rings. The van der Waals surface area contributed by atoms with E-state index in [0.717, 1.165) is 18.2 Å². The van der Waals surface area contributed by atoms with Crippen molar-refractivity contribution >= 4 is 26.2 Å². The minimum absolute atomic E-state index is 0.0383. The van der Waals surface area contributed by atoms with Gasteiger partial charge in [0.05, 0.1) is 24.1 Å². The summed E-state index contributed by atoms with van der Waals surface area (Å²) in [5, 5.41) is -0.552. The van der Waals surface area contributed by atoms with Crippen molar-refractivity contribution in [2.45, 2.75) is 20.0 Å². The van der Waals surface area contributed by atoms with Crippen molar-refractivity contribution in [3.8, 4) is 0 Å². The highest BCUT2D eigenvalue weighted by Gasteiger charge is 2.40. The first-order valence-corrected chi connectivity index (χ1v) is 7.15. The van der Waals surface area contributed by atoms with Crippen LogP contribution in [-0.2, 0) is 19.8 Å². The van der Waals surface area contributed by atoms with Crippen LogP contribution in [0.4, 0.5) is 13.2 Å². The molecular weight excluding hydrogens is 279 g/mol. The van der Waals surface area contributed by atoms with Gasteiger partial charge in [0, 0.05) is 0 Å². The van der Waals surface area contributed by atoms with Gasteiger partial charge in [0.25, 0.3) is 0 Å². The summed E-state index contributed by atoms with van der Waals surface area (Å²) in [6.07, 6.45) is -4.66. The number of rotatable bonds is 5. The molecule has 8 heteroatoms. The molecule has 0 N–H and O–H groups in total. The molecule has 0 aromatic heterocycles. The predicted molar refractivity (Wildman–Crippen MR) is 67.3 cm³/mol. The van der Waals surface area contributed by atoms with Gasteiger partial charge in [-0.05, 0) is 19.9 Å². The molecule has 0 atom stereocenters. The van der Waals surface area contributed by atoms with E-state index in [-0.39, 0.29) is 18.7 Å². The van der Waals surface area contributed by atoms with Crippen LogP contribution in [0, 0.1) is 0 Å². The molecule has 0 aliphatic rings. The third-order valence-electron chi connectivity index (χ3n) is 2.22. The normalized spacial score (nSPS) is 12.7. The molecule has 19 heavy (non-hydrogen) atoms. The van der Waals surface area contributed by atoms with Crippen LogP contribution < -0.4 is 10.8 Å². The zero-order valence-electron chi connectivity index (χ0n) is 10.5.